The van der Waals surface area contributed by atoms with Crippen LogP contribution in [0.5, 0.6) is 0 Å². The Kier molecular flexibility index (Phi) is 6.26. The molecule has 1 atom stereocenters. The van der Waals surface area contributed by atoms with E-state index in [1.165, 1.54) is 24.3 Å². The molecule has 0 unspecified atom stereocenters. The first-order chi connectivity index (χ1) is 11.6. The summed E-state index contributed by atoms with van der Waals surface area (Å²) in [6.45, 7) is -1.49. The molecular formula is C18H19F2NO3. The van der Waals surface area contributed by atoms with E-state index in [-0.39, 0.29) is 18.6 Å². The first-order valence-corrected chi connectivity index (χ1v) is 7.52. The number of ether oxygens (including phenoxy) is 1. The Balaban J connectivity index is 2.13. The summed E-state index contributed by atoms with van der Waals surface area (Å²) in [4.78, 5) is 12.0. The highest BCUT2D eigenvalue weighted by molar-refractivity contribution is 5.69. The molecule has 0 heterocycles. The maximum absolute atomic E-state index is 14.1. The fourth-order valence-electron chi connectivity index (χ4n) is 2.43. The lowest BCUT2D eigenvalue weighted by Gasteiger charge is -2.32. The SMILES string of the molecule is O=C(N[C@@](CF)(CCO)c1ccccc1F)OCc1ccccc1. The summed E-state index contributed by atoms with van der Waals surface area (Å²) in [7, 11) is 0. The number of amides is 1. The van der Waals surface area contributed by atoms with Crippen molar-refractivity contribution in [2.45, 2.75) is 18.6 Å². The third kappa shape index (κ3) is 4.29. The van der Waals surface area contributed by atoms with Gasteiger partial charge in [0.1, 0.15) is 24.6 Å². The highest BCUT2D eigenvalue weighted by Gasteiger charge is 2.36. The van der Waals surface area contributed by atoms with Crippen molar-refractivity contribution in [3.8, 4) is 0 Å². The van der Waals surface area contributed by atoms with Crippen molar-refractivity contribution < 1.29 is 23.4 Å². The highest BCUT2D eigenvalue weighted by atomic mass is 19.1. The van der Waals surface area contributed by atoms with Gasteiger partial charge >= 0.3 is 6.09 Å². The van der Waals surface area contributed by atoms with Gasteiger partial charge in [0.15, 0.2) is 0 Å². The monoisotopic (exact) mass is 335 g/mol. The Labute approximate surface area is 139 Å². The lowest BCUT2D eigenvalue weighted by atomic mass is 9.87. The fourth-order valence-corrected chi connectivity index (χ4v) is 2.43. The number of carbonyl (C=O) groups is 1. The van der Waals surface area contributed by atoms with Gasteiger partial charge in [-0.15, -0.1) is 0 Å². The number of alkyl carbamates (subject to hydrolysis) is 1. The van der Waals surface area contributed by atoms with Gasteiger partial charge in [0.05, 0.1) is 0 Å². The number of hydrogen-bond donors (Lipinski definition) is 2. The molecule has 0 spiro atoms. The molecule has 2 rings (SSSR count). The zero-order valence-electron chi connectivity index (χ0n) is 13.0. The number of carbonyl (C=O) groups excluding carboxylic acids is 1. The van der Waals surface area contributed by atoms with Crippen LogP contribution in [0.4, 0.5) is 13.6 Å². The summed E-state index contributed by atoms with van der Waals surface area (Å²) in [6.07, 6.45) is -1.06. The van der Waals surface area contributed by atoms with Crippen molar-refractivity contribution in [2.24, 2.45) is 0 Å². The smallest absolute Gasteiger partial charge is 0.408 e. The normalized spacial score (nSPS) is 13.1. The average molecular weight is 335 g/mol. The molecule has 1 amide bonds. The Morgan fingerprint density at radius 2 is 1.79 bits per heavy atom. The summed E-state index contributed by atoms with van der Waals surface area (Å²) < 4.78 is 32.9. The molecule has 0 aromatic heterocycles. The van der Waals surface area contributed by atoms with Crippen molar-refractivity contribution in [2.75, 3.05) is 13.3 Å². The van der Waals surface area contributed by atoms with Crippen LogP contribution in [0.3, 0.4) is 0 Å². The minimum Gasteiger partial charge on any atom is -0.445 e. The van der Waals surface area contributed by atoms with E-state index >= 15 is 0 Å². The van der Waals surface area contributed by atoms with E-state index in [0.717, 1.165) is 5.56 Å². The zero-order valence-corrected chi connectivity index (χ0v) is 13.0. The number of nitrogens with one attached hydrogen (secondary N) is 1. The molecule has 0 aliphatic heterocycles. The van der Waals surface area contributed by atoms with E-state index < -0.39 is 30.7 Å². The van der Waals surface area contributed by atoms with Crippen LogP contribution in [0.15, 0.2) is 54.6 Å². The van der Waals surface area contributed by atoms with Gasteiger partial charge in [-0.2, -0.15) is 0 Å². The first-order valence-electron chi connectivity index (χ1n) is 7.52. The maximum atomic E-state index is 14.1. The Hall–Kier alpha value is -2.47. The van der Waals surface area contributed by atoms with Gasteiger partial charge in [-0.25, -0.2) is 13.6 Å². The lowest BCUT2D eigenvalue weighted by Crippen LogP contribution is -2.49. The summed E-state index contributed by atoms with van der Waals surface area (Å²) in [5.41, 5.74) is -0.932. The Bertz CT molecular complexity index is 666. The van der Waals surface area contributed by atoms with Crippen LogP contribution in [0.2, 0.25) is 0 Å². The molecule has 2 aromatic carbocycles. The molecule has 0 radical (unpaired) electrons. The predicted octanol–water partition coefficient (Wildman–Crippen LogP) is 3.30. The van der Waals surface area contributed by atoms with Gasteiger partial charge in [0, 0.05) is 18.6 Å². The Morgan fingerprint density at radius 1 is 1.12 bits per heavy atom. The number of halogens is 2. The standard InChI is InChI=1S/C18H19F2NO3/c19-13-18(10-11-22,15-8-4-5-9-16(15)20)21-17(23)24-12-14-6-2-1-3-7-14/h1-9,22H,10-13H2,(H,21,23)/t18-/m1/s1. The number of benzene rings is 2. The second-order valence-electron chi connectivity index (χ2n) is 5.36. The van der Waals surface area contributed by atoms with Gasteiger partial charge < -0.3 is 15.2 Å². The maximum Gasteiger partial charge on any atom is 0.408 e. The van der Waals surface area contributed by atoms with E-state index in [0.29, 0.717) is 0 Å². The van der Waals surface area contributed by atoms with E-state index in [4.69, 9.17) is 4.74 Å². The summed E-state index contributed by atoms with van der Waals surface area (Å²) in [5.74, 6) is -0.660. The largest absolute Gasteiger partial charge is 0.445 e. The van der Waals surface area contributed by atoms with Crippen molar-refractivity contribution in [3.63, 3.8) is 0 Å². The molecule has 4 nitrogen and oxygen atoms in total. The number of alkyl halides is 1. The fraction of sp³-hybridized carbons (Fsp3) is 0.278. The average Bonchev–Trinajstić information content (AvgIpc) is 2.61. The molecule has 24 heavy (non-hydrogen) atoms. The molecule has 0 aliphatic rings. The van der Waals surface area contributed by atoms with Crippen LogP contribution in [-0.4, -0.2) is 24.5 Å². The van der Waals surface area contributed by atoms with Gasteiger partial charge in [-0.3, -0.25) is 0 Å². The molecule has 128 valence electrons. The predicted molar refractivity (Wildman–Crippen MR) is 85.5 cm³/mol. The molecule has 0 aliphatic carbocycles. The second-order valence-corrected chi connectivity index (χ2v) is 5.36. The van der Waals surface area contributed by atoms with Gasteiger partial charge in [0.2, 0.25) is 0 Å². The van der Waals surface area contributed by atoms with E-state index in [1.54, 1.807) is 24.3 Å². The molecule has 0 saturated heterocycles. The van der Waals surface area contributed by atoms with Crippen molar-refractivity contribution in [3.05, 3.63) is 71.5 Å². The summed E-state index contributed by atoms with van der Waals surface area (Å²) in [5, 5.41) is 11.6. The molecule has 0 saturated carbocycles. The van der Waals surface area contributed by atoms with E-state index in [1.807, 2.05) is 6.07 Å². The number of rotatable bonds is 7. The van der Waals surface area contributed by atoms with Gasteiger partial charge in [0.25, 0.3) is 0 Å². The first kappa shape index (κ1) is 17.9. The van der Waals surface area contributed by atoms with Gasteiger partial charge in [-0.1, -0.05) is 48.5 Å². The third-order valence-electron chi connectivity index (χ3n) is 3.71. The van der Waals surface area contributed by atoms with Crippen molar-refractivity contribution in [1.29, 1.82) is 0 Å². The number of hydrogen-bond acceptors (Lipinski definition) is 3. The number of aliphatic hydroxyl groups is 1. The molecule has 2 aromatic rings. The minimum absolute atomic E-state index is 0.00539. The zero-order chi connectivity index (χ0) is 17.4. The molecule has 0 bridgehead atoms. The van der Waals surface area contributed by atoms with Crippen LogP contribution in [-0.2, 0) is 16.9 Å². The highest BCUT2D eigenvalue weighted by Crippen LogP contribution is 2.28. The molecular weight excluding hydrogens is 316 g/mol. The van der Waals surface area contributed by atoms with Crippen LogP contribution < -0.4 is 5.32 Å². The quantitative estimate of drug-likeness (QED) is 0.816. The molecule has 6 heteroatoms. The third-order valence-corrected chi connectivity index (χ3v) is 3.71. The minimum atomic E-state index is -1.67. The van der Waals surface area contributed by atoms with Crippen molar-refractivity contribution in [1.82, 2.24) is 5.32 Å². The Morgan fingerprint density at radius 3 is 2.42 bits per heavy atom. The summed E-state index contributed by atoms with van der Waals surface area (Å²) >= 11 is 0. The summed E-state index contributed by atoms with van der Waals surface area (Å²) in [6, 6.07) is 14.5. The molecule has 2 N–H and O–H groups in total. The lowest BCUT2D eigenvalue weighted by molar-refractivity contribution is 0.109. The second kappa shape index (κ2) is 8.40. The molecule has 0 fully saturated rings. The van der Waals surface area contributed by atoms with E-state index in [2.05, 4.69) is 5.32 Å². The van der Waals surface area contributed by atoms with Crippen LogP contribution in [0.1, 0.15) is 17.5 Å². The van der Waals surface area contributed by atoms with Crippen molar-refractivity contribution >= 4 is 6.09 Å². The van der Waals surface area contributed by atoms with Crippen LogP contribution >= 0.6 is 0 Å². The van der Waals surface area contributed by atoms with Crippen LogP contribution in [0, 0.1) is 5.82 Å². The van der Waals surface area contributed by atoms with E-state index in [9.17, 15) is 18.7 Å². The van der Waals surface area contributed by atoms with Crippen LogP contribution in [0.25, 0.3) is 0 Å². The topological polar surface area (TPSA) is 58.6 Å². The number of aliphatic hydroxyl groups excluding tert-OH is 1. The van der Waals surface area contributed by atoms with Gasteiger partial charge in [-0.05, 0) is 11.6 Å².